The molecule has 1 aromatic carbocycles. The molecule has 0 atom stereocenters. The molecule has 0 spiro atoms. The van der Waals surface area contributed by atoms with Crippen LogP contribution in [-0.2, 0) is 13.0 Å². The fourth-order valence-electron chi connectivity index (χ4n) is 1.98. The van der Waals surface area contributed by atoms with Crippen LogP contribution in [0.15, 0.2) is 41.2 Å². The summed E-state index contributed by atoms with van der Waals surface area (Å²) < 4.78 is 7.28. The molecule has 102 valence electrons. The number of imidazole rings is 1. The lowest BCUT2D eigenvalue weighted by Crippen LogP contribution is -2.03. The van der Waals surface area contributed by atoms with Crippen LogP contribution in [0.1, 0.15) is 18.6 Å². The van der Waals surface area contributed by atoms with Gasteiger partial charge in [-0.25, -0.2) is 4.98 Å². The fraction of sp³-hybridized carbons (Fsp3) is 0.214. The Morgan fingerprint density at radius 1 is 1.25 bits per heavy atom. The van der Waals surface area contributed by atoms with Crippen LogP contribution in [0.4, 0.5) is 0 Å². The number of halogens is 1. The topological polar surface area (TPSA) is 56.7 Å². The lowest BCUT2D eigenvalue weighted by atomic mass is 10.2. The summed E-state index contributed by atoms with van der Waals surface area (Å²) in [7, 11) is 0. The Balaban J connectivity index is 1.82. The standard InChI is InChI=1S/C14H13ClN4O/c1-2-12-16-7-8-19(12)9-13-17-14(18-20-13)10-3-5-11(15)6-4-10/h3-8H,2,9H2,1H3. The maximum Gasteiger partial charge on any atom is 0.246 e. The van der Waals surface area contributed by atoms with Crippen molar-refractivity contribution in [2.75, 3.05) is 0 Å². The molecule has 0 fully saturated rings. The molecule has 0 N–H and O–H groups in total. The van der Waals surface area contributed by atoms with Crippen LogP contribution < -0.4 is 0 Å². The first-order chi connectivity index (χ1) is 9.76. The highest BCUT2D eigenvalue weighted by Gasteiger charge is 2.10. The van der Waals surface area contributed by atoms with Crippen LogP contribution in [0.25, 0.3) is 11.4 Å². The summed E-state index contributed by atoms with van der Waals surface area (Å²) in [6.45, 7) is 2.59. The van der Waals surface area contributed by atoms with Gasteiger partial charge in [-0.3, -0.25) is 0 Å². The summed E-state index contributed by atoms with van der Waals surface area (Å²) in [5, 5.41) is 4.67. The van der Waals surface area contributed by atoms with Gasteiger partial charge in [0.2, 0.25) is 11.7 Å². The van der Waals surface area contributed by atoms with E-state index < -0.39 is 0 Å². The minimum Gasteiger partial charge on any atom is -0.337 e. The number of hydrogen-bond donors (Lipinski definition) is 0. The van der Waals surface area contributed by atoms with Gasteiger partial charge in [-0.2, -0.15) is 4.98 Å². The van der Waals surface area contributed by atoms with E-state index >= 15 is 0 Å². The van der Waals surface area contributed by atoms with Gasteiger partial charge in [-0.05, 0) is 24.3 Å². The maximum atomic E-state index is 5.86. The largest absolute Gasteiger partial charge is 0.337 e. The molecule has 0 unspecified atom stereocenters. The highest BCUT2D eigenvalue weighted by molar-refractivity contribution is 6.30. The number of nitrogens with zero attached hydrogens (tertiary/aromatic N) is 4. The minimum absolute atomic E-state index is 0.532. The third-order valence-corrected chi connectivity index (χ3v) is 3.25. The van der Waals surface area contributed by atoms with Gasteiger partial charge in [0, 0.05) is 29.4 Å². The molecule has 20 heavy (non-hydrogen) atoms. The van der Waals surface area contributed by atoms with Crippen LogP contribution >= 0.6 is 11.6 Å². The van der Waals surface area contributed by atoms with E-state index in [0.717, 1.165) is 17.8 Å². The smallest absolute Gasteiger partial charge is 0.246 e. The fourth-order valence-corrected chi connectivity index (χ4v) is 2.11. The predicted octanol–water partition coefficient (Wildman–Crippen LogP) is 3.20. The van der Waals surface area contributed by atoms with Gasteiger partial charge < -0.3 is 9.09 Å². The van der Waals surface area contributed by atoms with Crippen LogP contribution in [0.3, 0.4) is 0 Å². The first-order valence-electron chi connectivity index (χ1n) is 6.35. The van der Waals surface area contributed by atoms with Crippen molar-refractivity contribution in [3.63, 3.8) is 0 Å². The van der Waals surface area contributed by atoms with Gasteiger partial charge in [0.15, 0.2) is 0 Å². The first-order valence-corrected chi connectivity index (χ1v) is 6.72. The van der Waals surface area contributed by atoms with E-state index in [2.05, 4.69) is 22.0 Å². The van der Waals surface area contributed by atoms with Crippen molar-refractivity contribution in [2.24, 2.45) is 0 Å². The highest BCUT2D eigenvalue weighted by Crippen LogP contribution is 2.19. The number of aryl methyl sites for hydroxylation is 1. The molecular formula is C14H13ClN4O. The average molecular weight is 289 g/mol. The van der Waals surface area contributed by atoms with E-state index in [1.807, 2.05) is 22.9 Å². The van der Waals surface area contributed by atoms with Crippen molar-refractivity contribution in [3.05, 3.63) is 53.4 Å². The maximum absolute atomic E-state index is 5.86. The molecule has 6 heteroatoms. The number of benzene rings is 1. The molecule has 3 rings (SSSR count). The molecule has 5 nitrogen and oxygen atoms in total. The van der Waals surface area contributed by atoms with Crippen LogP contribution in [0.5, 0.6) is 0 Å². The summed E-state index contributed by atoms with van der Waals surface area (Å²) in [5.74, 6) is 2.12. The number of aromatic nitrogens is 4. The molecule has 0 bridgehead atoms. The second-order valence-corrected chi connectivity index (χ2v) is 4.78. The molecule has 0 aliphatic rings. The summed E-state index contributed by atoms with van der Waals surface area (Å²) in [5.41, 5.74) is 0.880. The van der Waals surface area contributed by atoms with Gasteiger partial charge in [0.05, 0.1) is 0 Å². The Bertz CT molecular complexity index is 702. The van der Waals surface area contributed by atoms with Crippen LogP contribution in [0.2, 0.25) is 5.02 Å². The summed E-state index contributed by atoms with van der Waals surface area (Å²) >= 11 is 5.86. The molecule has 0 aliphatic heterocycles. The third kappa shape index (κ3) is 2.58. The molecule has 0 aliphatic carbocycles. The monoisotopic (exact) mass is 288 g/mol. The Labute approximate surface area is 121 Å². The SMILES string of the molecule is CCc1nccn1Cc1nc(-c2ccc(Cl)cc2)no1. The zero-order valence-corrected chi connectivity index (χ0v) is 11.7. The van der Waals surface area contributed by atoms with E-state index in [9.17, 15) is 0 Å². The van der Waals surface area contributed by atoms with Crippen LogP contribution in [-0.4, -0.2) is 19.7 Å². The zero-order chi connectivity index (χ0) is 13.9. The lowest BCUT2D eigenvalue weighted by molar-refractivity contribution is 0.370. The van der Waals surface area contributed by atoms with Crippen molar-refractivity contribution in [3.8, 4) is 11.4 Å². The molecule has 2 aromatic heterocycles. The lowest BCUT2D eigenvalue weighted by Gasteiger charge is -2.01. The molecule has 0 radical (unpaired) electrons. The van der Waals surface area contributed by atoms with Crippen molar-refractivity contribution < 1.29 is 4.52 Å². The van der Waals surface area contributed by atoms with Crippen molar-refractivity contribution in [2.45, 2.75) is 19.9 Å². The summed E-state index contributed by atoms with van der Waals surface area (Å²) in [6, 6.07) is 7.34. The third-order valence-electron chi connectivity index (χ3n) is 2.99. The second-order valence-electron chi connectivity index (χ2n) is 4.34. The number of hydrogen-bond acceptors (Lipinski definition) is 4. The number of rotatable bonds is 4. The van der Waals surface area contributed by atoms with E-state index in [-0.39, 0.29) is 0 Å². The van der Waals surface area contributed by atoms with Crippen LogP contribution in [0, 0.1) is 0 Å². The zero-order valence-electron chi connectivity index (χ0n) is 11.0. The van der Waals surface area contributed by atoms with E-state index in [0.29, 0.717) is 23.3 Å². The van der Waals surface area contributed by atoms with Gasteiger partial charge in [-0.15, -0.1) is 0 Å². The summed E-state index contributed by atoms with van der Waals surface area (Å²) in [4.78, 5) is 8.65. The van der Waals surface area contributed by atoms with E-state index in [1.165, 1.54) is 0 Å². The highest BCUT2D eigenvalue weighted by atomic mass is 35.5. The predicted molar refractivity (Wildman–Crippen MR) is 75.5 cm³/mol. The van der Waals surface area contributed by atoms with E-state index in [1.54, 1.807) is 18.3 Å². The average Bonchev–Trinajstić information content (AvgIpc) is 3.09. The minimum atomic E-state index is 0.532. The Morgan fingerprint density at radius 3 is 2.80 bits per heavy atom. The van der Waals surface area contributed by atoms with Gasteiger partial charge in [-0.1, -0.05) is 23.7 Å². The molecular weight excluding hydrogens is 276 g/mol. The van der Waals surface area contributed by atoms with Gasteiger partial charge >= 0.3 is 0 Å². The quantitative estimate of drug-likeness (QED) is 0.740. The molecule has 2 heterocycles. The first kappa shape index (κ1) is 12.9. The van der Waals surface area contributed by atoms with Crippen molar-refractivity contribution in [1.82, 2.24) is 19.7 Å². The molecule has 0 saturated heterocycles. The molecule has 3 aromatic rings. The van der Waals surface area contributed by atoms with Crippen molar-refractivity contribution >= 4 is 11.6 Å². The Morgan fingerprint density at radius 2 is 2.05 bits per heavy atom. The molecule has 0 saturated carbocycles. The van der Waals surface area contributed by atoms with Gasteiger partial charge in [0.1, 0.15) is 12.4 Å². The Kier molecular flexibility index (Phi) is 3.52. The molecule has 0 amide bonds. The normalized spacial score (nSPS) is 10.9. The Hall–Kier alpha value is -2.14. The second kappa shape index (κ2) is 5.46. The summed E-state index contributed by atoms with van der Waals surface area (Å²) in [6.07, 6.45) is 4.55. The van der Waals surface area contributed by atoms with Crippen molar-refractivity contribution in [1.29, 1.82) is 0 Å². The van der Waals surface area contributed by atoms with Gasteiger partial charge in [0.25, 0.3) is 0 Å². The van der Waals surface area contributed by atoms with E-state index in [4.69, 9.17) is 16.1 Å².